The highest BCUT2D eigenvalue weighted by Crippen LogP contribution is 2.31. The predicted octanol–water partition coefficient (Wildman–Crippen LogP) is 3.83. The normalized spacial score (nSPS) is 11.7. The zero-order valence-corrected chi connectivity index (χ0v) is 18.7. The fourth-order valence-electron chi connectivity index (χ4n) is 3.74. The molecule has 6 nitrogen and oxygen atoms in total. The Morgan fingerprint density at radius 1 is 0.793 bits per heavy atom. The van der Waals surface area contributed by atoms with E-state index in [9.17, 15) is 13.2 Å². The van der Waals surface area contributed by atoms with Crippen molar-refractivity contribution in [1.82, 2.24) is 9.36 Å². The summed E-state index contributed by atoms with van der Waals surface area (Å²) >= 11 is 0. The van der Waals surface area contributed by atoms with E-state index in [1.165, 1.54) is 4.68 Å². The maximum absolute atomic E-state index is 13.4. The van der Waals surface area contributed by atoms with Gasteiger partial charge in [0.25, 0.3) is 15.6 Å². The van der Waals surface area contributed by atoms with E-state index in [0.29, 0.717) is 22.5 Å². The molecule has 0 amide bonds. The molecule has 0 bridgehead atoms. The van der Waals surface area contributed by atoms with E-state index in [2.05, 4.69) is 4.72 Å². The zero-order chi connectivity index (χ0) is 21.7. The van der Waals surface area contributed by atoms with Crippen LogP contribution in [-0.2, 0) is 17.1 Å². The Morgan fingerprint density at radius 3 is 1.79 bits per heavy atom. The number of aromatic nitrogens is 2. The molecular formula is C22H27N3O3S. The summed E-state index contributed by atoms with van der Waals surface area (Å²) in [7, 11) is -2.21. The number of para-hydroxylation sites is 1. The van der Waals surface area contributed by atoms with Gasteiger partial charge in [0.1, 0.15) is 5.69 Å². The fourth-order valence-corrected chi connectivity index (χ4v) is 5.46. The average Bonchev–Trinajstić information content (AvgIpc) is 2.88. The van der Waals surface area contributed by atoms with Crippen LogP contribution < -0.4 is 10.3 Å². The van der Waals surface area contributed by atoms with Crippen molar-refractivity contribution in [3.63, 3.8) is 0 Å². The van der Waals surface area contributed by atoms with Crippen LogP contribution in [0.15, 0.2) is 40.0 Å². The van der Waals surface area contributed by atoms with Crippen LogP contribution in [0.4, 0.5) is 5.69 Å². The summed E-state index contributed by atoms with van der Waals surface area (Å²) in [5.41, 5.74) is 5.24. The lowest BCUT2D eigenvalue weighted by Gasteiger charge is -2.19. The number of anilines is 1. The maximum atomic E-state index is 13.4. The molecule has 0 spiro atoms. The van der Waals surface area contributed by atoms with Gasteiger partial charge in [-0.25, -0.2) is 13.1 Å². The number of nitrogens with zero attached hydrogens (tertiary/aromatic N) is 2. The molecule has 0 aliphatic carbocycles. The van der Waals surface area contributed by atoms with Gasteiger partial charge in [0.2, 0.25) is 0 Å². The summed E-state index contributed by atoms with van der Waals surface area (Å²) in [4.78, 5) is 13.3. The van der Waals surface area contributed by atoms with Crippen LogP contribution >= 0.6 is 0 Å². The fraction of sp³-hybridized carbons (Fsp3) is 0.318. The number of nitrogens with one attached hydrogen (secondary N) is 1. The third-order valence-electron chi connectivity index (χ3n) is 5.99. The molecule has 0 unspecified atom stereocenters. The first kappa shape index (κ1) is 20.9. The topological polar surface area (TPSA) is 73.1 Å². The molecule has 2 aromatic carbocycles. The first-order valence-electron chi connectivity index (χ1n) is 9.42. The van der Waals surface area contributed by atoms with Crippen LogP contribution in [0.1, 0.15) is 33.5 Å². The highest BCUT2D eigenvalue weighted by molar-refractivity contribution is 7.92. The molecule has 29 heavy (non-hydrogen) atoms. The molecule has 0 saturated carbocycles. The van der Waals surface area contributed by atoms with Gasteiger partial charge in [0.15, 0.2) is 0 Å². The van der Waals surface area contributed by atoms with Crippen molar-refractivity contribution < 1.29 is 8.42 Å². The molecule has 0 aliphatic heterocycles. The van der Waals surface area contributed by atoms with Crippen LogP contribution in [0.3, 0.4) is 0 Å². The van der Waals surface area contributed by atoms with Crippen molar-refractivity contribution in [3.8, 4) is 5.69 Å². The zero-order valence-electron chi connectivity index (χ0n) is 17.9. The molecule has 1 heterocycles. The highest BCUT2D eigenvalue weighted by atomic mass is 32.2. The Morgan fingerprint density at radius 2 is 1.28 bits per heavy atom. The lowest BCUT2D eigenvalue weighted by atomic mass is 9.95. The number of hydrogen-bond acceptors (Lipinski definition) is 3. The average molecular weight is 414 g/mol. The third-order valence-corrected chi connectivity index (χ3v) is 7.61. The Bertz CT molecular complexity index is 1240. The van der Waals surface area contributed by atoms with Gasteiger partial charge in [-0.1, -0.05) is 18.2 Å². The number of benzene rings is 2. The van der Waals surface area contributed by atoms with E-state index in [1.54, 1.807) is 30.8 Å². The van der Waals surface area contributed by atoms with Crippen molar-refractivity contribution >= 4 is 15.7 Å². The van der Waals surface area contributed by atoms with Crippen molar-refractivity contribution in [2.75, 3.05) is 4.72 Å². The molecular weight excluding hydrogens is 386 g/mol. The second-order valence-corrected chi connectivity index (χ2v) is 9.12. The van der Waals surface area contributed by atoms with E-state index in [0.717, 1.165) is 16.7 Å². The van der Waals surface area contributed by atoms with Crippen molar-refractivity contribution in [2.45, 2.75) is 46.4 Å². The van der Waals surface area contributed by atoms with E-state index < -0.39 is 15.6 Å². The number of hydrogen-bond donors (Lipinski definition) is 1. The minimum atomic E-state index is -3.94. The van der Waals surface area contributed by atoms with Gasteiger partial charge >= 0.3 is 0 Å². The van der Waals surface area contributed by atoms with Crippen LogP contribution in [0.5, 0.6) is 0 Å². The number of sulfonamides is 1. The highest BCUT2D eigenvalue weighted by Gasteiger charge is 2.27. The summed E-state index contributed by atoms with van der Waals surface area (Å²) < 4.78 is 32.4. The minimum Gasteiger partial charge on any atom is -0.283 e. The summed E-state index contributed by atoms with van der Waals surface area (Å²) in [5, 5.41) is 0. The van der Waals surface area contributed by atoms with Gasteiger partial charge in [0.05, 0.1) is 16.3 Å². The van der Waals surface area contributed by atoms with Gasteiger partial charge in [-0.2, -0.15) is 0 Å². The molecule has 0 fully saturated rings. The second kappa shape index (κ2) is 7.22. The molecule has 7 heteroatoms. The first-order chi connectivity index (χ1) is 13.5. The lowest BCUT2D eigenvalue weighted by molar-refractivity contribution is 0.599. The summed E-state index contributed by atoms with van der Waals surface area (Å²) in [5.74, 6) is 0. The van der Waals surface area contributed by atoms with Crippen LogP contribution in [0.2, 0.25) is 0 Å². The summed E-state index contributed by atoms with van der Waals surface area (Å²) in [6, 6.07) is 9.14. The standard InChI is InChI=1S/C22H27N3O3S/c1-13-14(2)16(4)21(17(5)15(13)3)29(27,28)23-20-18(6)24(7)25(22(20)26)19-11-9-8-10-12-19/h8-12,23H,1-7H3. The quantitative estimate of drug-likeness (QED) is 0.707. The molecule has 0 aliphatic rings. The summed E-state index contributed by atoms with van der Waals surface area (Å²) in [6.07, 6.45) is 0. The molecule has 1 aromatic heterocycles. The van der Waals surface area contributed by atoms with Gasteiger partial charge in [-0.3, -0.25) is 14.2 Å². The smallest absolute Gasteiger partial charge is 0.283 e. The van der Waals surface area contributed by atoms with Crippen LogP contribution in [-0.4, -0.2) is 17.8 Å². The van der Waals surface area contributed by atoms with Gasteiger partial charge in [-0.15, -0.1) is 0 Å². The first-order valence-corrected chi connectivity index (χ1v) is 10.9. The van der Waals surface area contributed by atoms with Crippen molar-refractivity contribution in [1.29, 1.82) is 0 Å². The minimum absolute atomic E-state index is 0.0611. The summed E-state index contributed by atoms with van der Waals surface area (Å²) in [6.45, 7) is 11.2. The monoisotopic (exact) mass is 413 g/mol. The van der Waals surface area contributed by atoms with Gasteiger partial charge in [0, 0.05) is 7.05 Å². The molecule has 0 saturated heterocycles. The van der Waals surface area contributed by atoms with Gasteiger partial charge in [-0.05, 0) is 81.5 Å². The lowest BCUT2D eigenvalue weighted by Crippen LogP contribution is -2.24. The molecule has 3 aromatic rings. The third kappa shape index (κ3) is 3.29. The van der Waals surface area contributed by atoms with Gasteiger partial charge < -0.3 is 0 Å². The van der Waals surface area contributed by atoms with Crippen LogP contribution in [0.25, 0.3) is 5.69 Å². The molecule has 3 rings (SSSR count). The SMILES string of the molecule is Cc1c(C)c(C)c(S(=O)(=O)Nc2c(C)n(C)n(-c3ccccc3)c2=O)c(C)c1C. The van der Waals surface area contributed by atoms with E-state index in [4.69, 9.17) is 0 Å². The van der Waals surface area contributed by atoms with E-state index in [-0.39, 0.29) is 10.6 Å². The predicted molar refractivity (Wildman–Crippen MR) is 117 cm³/mol. The van der Waals surface area contributed by atoms with Crippen molar-refractivity contribution in [3.05, 3.63) is 74.2 Å². The van der Waals surface area contributed by atoms with E-state index in [1.807, 2.05) is 52.8 Å². The Balaban J connectivity index is 2.19. The molecule has 154 valence electrons. The Hall–Kier alpha value is -2.80. The maximum Gasteiger partial charge on any atom is 0.296 e. The molecule has 1 N–H and O–H groups in total. The number of rotatable bonds is 4. The Labute approximate surface area is 171 Å². The largest absolute Gasteiger partial charge is 0.296 e. The molecule has 0 atom stereocenters. The van der Waals surface area contributed by atoms with E-state index >= 15 is 0 Å². The Kier molecular flexibility index (Phi) is 5.21. The molecule has 0 radical (unpaired) electrons. The van der Waals surface area contributed by atoms with Crippen LogP contribution in [0, 0.1) is 41.5 Å². The van der Waals surface area contributed by atoms with Crippen molar-refractivity contribution in [2.24, 2.45) is 7.05 Å². The second-order valence-electron chi connectivity index (χ2n) is 7.50.